The number of nitrogens with one attached hydrogen (secondary N) is 1. The van der Waals surface area contributed by atoms with Crippen molar-refractivity contribution in [2.45, 2.75) is 17.9 Å². The van der Waals surface area contributed by atoms with Crippen LogP contribution in [-0.2, 0) is 10.0 Å². The SMILES string of the molecule is Cc1c(F)cc(S(=O)(=O)N2CCNCC2c2cccnc2)cc1[N+](=O)[O-]. The zero-order valence-electron chi connectivity index (χ0n) is 13.9. The first-order valence-corrected chi connectivity index (χ1v) is 9.33. The van der Waals surface area contributed by atoms with Gasteiger partial charge in [-0.1, -0.05) is 6.07 Å². The molecule has 0 radical (unpaired) electrons. The van der Waals surface area contributed by atoms with Gasteiger partial charge >= 0.3 is 0 Å². The average molecular weight is 380 g/mol. The molecule has 1 saturated heterocycles. The van der Waals surface area contributed by atoms with Gasteiger partial charge in [0.1, 0.15) is 5.82 Å². The number of sulfonamides is 1. The van der Waals surface area contributed by atoms with Crippen LogP contribution in [0.2, 0.25) is 0 Å². The number of pyridine rings is 1. The summed E-state index contributed by atoms with van der Waals surface area (Å²) in [6.07, 6.45) is 3.15. The van der Waals surface area contributed by atoms with Crippen LogP contribution in [0.3, 0.4) is 0 Å². The van der Waals surface area contributed by atoms with Crippen LogP contribution in [0.25, 0.3) is 0 Å². The Balaban J connectivity index is 2.07. The first-order valence-electron chi connectivity index (χ1n) is 7.89. The van der Waals surface area contributed by atoms with Gasteiger partial charge in [-0.05, 0) is 24.6 Å². The van der Waals surface area contributed by atoms with Crippen molar-refractivity contribution >= 4 is 15.7 Å². The second-order valence-corrected chi connectivity index (χ2v) is 7.82. The summed E-state index contributed by atoms with van der Waals surface area (Å²) in [5.41, 5.74) is -0.0694. The summed E-state index contributed by atoms with van der Waals surface area (Å²) in [7, 11) is -4.13. The summed E-state index contributed by atoms with van der Waals surface area (Å²) < 4.78 is 41.5. The van der Waals surface area contributed by atoms with E-state index in [0.29, 0.717) is 18.7 Å². The highest BCUT2D eigenvalue weighted by molar-refractivity contribution is 7.89. The van der Waals surface area contributed by atoms with Gasteiger partial charge < -0.3 is 5.32 Å². The van der Waals surface area contributed by atoms with Crippen LogP contribution < -0.4 is 5.32 Å². The molecule has 0 spiro atoms. The van der Waals surface area contributed by atoms with Crippen molar-refractivity contribution < 1.29 is 17.7 Å². The van der Waals surface area contributed by atoms with Crippen molar-refractivity contribution in [3.05, 3.63) is 63.7 Å². The first-order chi connectivity index (χ1) is 12.3. The topological polar surface area (TPSA) is 105 Å². The van der Waals surface area contributed by atoms with Gasteiger partial charge in [-0.3, -0.25) is 15.1 Å². The van der Waals surface area contributed by atoms with Crippen LogP contribution in [0.15, 0.2) is 41.6 Å². The van der Waals surface area contributed by atoms with Crippen molar-refractivity contribution in [3.63, 3.8) is 0 Å². The molecular weight excluding hydrogens is 363 g/mol. The van der Waals surface area contributed by atoms with E-state index in [4.69, 9.17) is 0 Å². The molecule has 0 aliphatic carbocycles. The number of piperazine rings is 1. The smallest absolute Gasteiger partial charge is 0.276 e. The van der Waals surface area contributed by atoms with Gasteiger partial charge in [-0.2, -0.15) is 4.31 Å². The van der Waals surface area contributed by atoms with Gasteiger partial charge in [0.25, 0.3) is 5.69 Å². The van der Waals surface area contributed by atoms with Crippen LogP contribution in [0.5, 0.6) is 0 Å². The van der Waals surface area contributed by atoms with E-state index >= 15 is 0 Å². The maximum Gasteiger partial charge on any atom is 0.276 e. The average Bonchev–Trinajstić information content (AvgIpc) is 2.64. The van der Waals surface area contributed by atoms with Gasteiger partial charge in [0.2, 0.25) is 10.0 Å². The molecule has 2 heterocycles. The summed E-state index contributed by atoms with van der Waals surface area (Å²) in [4.78, 5) is 13.9. The maximum atomic E-state index is 14.1. The molecule has 1 atom stereocenters. The number of hydrogen-bond acceptors (Lipinski definition) is 6. The number of nitro benzene ring substituents is 1. The maximum absolute atomic E-state index is 14.1. The number of nitrogens with zero attached hydrogens (tertiary/aromatic N) is 3. The Morgan fingerprint density at radius 3 is 2.85 bits per heavy atom. The Kier molecular flexibility index (Phi) is 4.99. The molecule has 26 heavy (non-hydrogen) atoms. The highest BCUT2D eigenvalue weighted by Crippen LogP contribution is 2.32. The van der Waals surface area contributed by atoms with E-state index in [1.165, 1.54) is 11.2 Å². The fourth-order valence-electron chi connectivity index (χ4n) is 2.94. The summed E-state index contributed by atoms with van der Waals surface area (Å²) in [5, 5.41) is 14.2. The summed E-state index contributed by atoms with van der Waals surface area (Å²) in [6.45, 7) is 2.19. The molecular formula is C16H17FN4O4S. The summed E-state index contributed by atoms with van der Waals surface area (Å²) >= 11 is 0. The van der Waals surface area contributed by atoms with E-state index in [0.717, 1.165) is 12.1 Å². The van der Waals surface area contributed by atoms with Crippen LogP contribution in [-0.4, -0.2) is 42.3 Å². The monoisotopic (exact) mass is 380 g/mol. The largest absolute Gasteiger partial charge is 0.313 e. The Bertz CT molecular complexity index is 937. The number of benzene rings is 1. The second-order valence-electron chi connectivity index (χ2n) is 5.93. The molecule has 138 valence electrons. The van der Waals surface area contributed by atoms with Gasteiger partial charge in [0, 0.05) is 38.1 Å². The van der Waals surface area contributed by atoms with Crippen molar-refractivity contribution in [3.8, 4) is 0 Å². The Morgan fingerprint density at radius 2 is 2.19 bits per heavy atom. The van der Waals surface area contributed by atoms with E-state index in [1.807, 2.05) is 0 Å². The third-order valence-electron chi connectivity index (χ3n) is 4.36. The van der Waals surface area contributed by atoms with Gasteiger partial charge in [0.15, 0.2) is 0 Å². The highest BCUT2D eigenvalue weighted by Gasteiger charge is 2.36. The standard InChI is InChI=1S/C16H17FN4O4S/c1-11-14(17)7-13(8-15(11)21(22)23)26(24,25)20-6-5-19-10-16(20)12-3-2-4-18-9-12/h2-4,7-9,16,19H,5-6,10H2,1H3. The molecule has 1 N–H and O–H groups in total. The zero-order valence-corrected chi connectivity index (χ0v) is 14.7. The fraction of sp³-hybridized carbons (Fsp3) is 0.312. The van der Waals surface area contributed by atoms with E-state index < -0.39 is 37.4 Å². The van der Waals surface area contributed by atoms with Gasteiger partial charge in [0.05, 0.1) is 21.4 Å². The second kappa shape index (κ2) is 7.06. The summed E-state index contributed by atoms with van der Waals surface area (Å²) in [5.74, 6) is -0.925. The normalized spacial score (nSPS) is 18.6. The lowest BCUT2D eigenvalue weighted by molar-refractivity contribution is -0.385. The number of aromatic nitrogens is 1. The molecule has 1 aromatic heterocycles. The third kappa shape index (κ3) is 3.30. The molecule has 0 bridgehead atoms. The molecule has 0 amide bonds. The van der Waals surface area contributed by atoms with Crippen molar-refractivity contribution in [1.82, 2.24) is 14.6 Å². The van der Waals surface area contributed by atoms with E-state index in [9.17, 15) is 22.9 Å². The van der Waals surface area contributed by atoms with Crippen LogP contribution >= 0.6 is 0 Å². The van der Waals surface area contributed by atoms with Crippen molar-refractivity contribution in [1.29, 1.82) is 0 Å². The molecule has 0 saturated carbocycles. The summed E-state index contributed by atoms with van der Waals surface area (Å²) in [6, 6.07) is 4.66. The van der Waals surface area contributed by atoms with Gasteiger partial charge in [-0.15, -0.1) is 0 Å². The lowest BCUT2D eigenvalue weighted by Crippen LogP contribution is -2.48. The molecule has 1 fully saturated rings. The van der Waals surface area contributed by atoms with Crippen molar-refractivity contribution in [2.24, 2.45) is 0 Å². The Hall–Kier alpha value is -2.43. The molecule has 1 unspecified atom stereocenters. The van der Waals surface area contributed by atoms with Crippen LogP contribution in [0.4, 0.5) is 10.1 Å². The molecule has 1 aromatic carbocycles. The number of hydrogen-bond donors (Lipinski definition) is 1. The first kappa shape index (κ1) is 18.4. The van der Waals surface area contributed by atoms with E-state index in [2.05, 4.69) is 10.3 Å². The van der Waals surface area contributed by atoms with E-state index in [-0.39, 0.29) is 12.1 Å². The predicted octanol–water partition coefficient (Wildman–Crippen LogP) is 1.77. The number of nitro groups is 1. The minimum atomic E-state index is -4.13. The molecule has 1 aliphatic rings. The highest BCUT2D eigenvalue weighted by atomic mass is 32.2. The molecule has 8 nitrogen and oxygen atoms in total. The lowest BCUT2D eigenvalue weighted by Gasteiger charge is -2.35. The number of rotatable bonds is 4. The van der Waals surface area contributed by atoms with Crippen molar-refractivity contribution in [2.75, 3.05) is 19.6 Å². The predicted molar refractivity (Wildman–Crippen MR) is 91.5 cm³/mol. The molecule has 1 aliphatic heterocycles. The molecule has 3 rings (SSSR count). The zero-order chi connectivity index (χ0) is 18.9. The van der Waals surface area contributed by atoms with E-state index in [1.54, 1.807) is 24.5 Å². The Morgan fingerprint density at radius 1 is 1.42 bits per heavy atom. The third-order valence-corrected chi connectivity index (χ3v) is 6.24. The minimum Gasteiger partial charge on any atom is -0.313 e. The van der Waals surface area contributed by atoms with Crippen LogP contribution in [0.1, 0.15) is 17.2 Å². The Labute approximate surface area is 149 Å². The number of halogens is 1. The van der Waals surface area contributed by atoms with Gasteiger partial charge in [-0.25, -0.2) is 12.8 Å². The van der Waals surface area contributed by atoms with Crippen LogP contribution in [0, 0.1) is 22.9 Å². The quantitative estimate of drug-likeness (QED) is 0.640. The fourth-order valence-corrected chi connectivity index (χ4v) is 4.59. The molecule has 2 aromatic rings. The molecule has 10 heteroatoms. The lowest BCUT2D eigenvalue weighted by atomic mass is 10.1. The minimum absolute atomic E-state index is 0.158.